The van der Waals surface area contributed by atoms with Gasteiger partial charge >= 0.3 is 0 Å². The molecule has 31 heavy (non-hydrogen) atoms. The summed E-state index contributed by atoms with van der Waals surface area (Å²) in [5, 5.41) is 25.7. The number of aliphatic imine (C=N–C) groups is 2. The number of rotatable bonds is 0. The Bertz CT molecular complexity index is 901. The Morgan fingerprint density at radius 2 is 1.16 bits per heavy atom. The molecule has 0 aliphatic carbocycles. The number of halogens is 2. The molecule has 1 aliphatic heterocycles. The van der Waals surface area contributed by atoms with Crippen molar-refractivity contribution in [3.05, 3.63) is 55.5 Å². The Balaban J connectivity index is 1.86. The van der Waals surface area contributed by atoms with Crippen LogP contribution >= 0.6 is 31.9 Å². The number of benzene rings is 2. The van der Waals surface area contributed by atoms with E-state index in [0.29, 0.717) is 37.3 Å². The largest absolute Gasteiger partial charge is 0.872 e. The number of hydrogen-bond acceptors (Lipinski definition) is 6. The lowest BCUT2D eigenvalue weighted by atomic mass is 10.1. The Hall–Kier alpha value is -1.74. The van der Waals surface area contributed by atoms with Crippen molar-refractivity contribution < 1.29 is 10.2 Å². The van der Waals surface area contributed by atoms with E-state index in [4.69, 9.17) is 0 Å². The number of nitrogens with zero attached hydrogens (tertiary/aromatic N) is 4. The highest BCUT2D eigenvalue weighted by Crippen LogP contribution is 2.26. The van der Waals surface area contributed by atoms with E-state index >= 15 is 0 Å². The van der Waals surface area contributed by atoms with Gasteiger partial charge in [0, 0.05) is 60.6 Å². The average Bonchev–Trinajstić information content (AvgIpc) is 2.71. The molecular weight excluding hydrogens is 524 g/mol. The Morgan fingerprint density at radius 1 is 0.742 bits per heavy atom. The molecule has 0 aromatic heterocycles. The van der Waals surface area contributed by atoms with E-state index in [2.05, 4.69) is 51.6 Å². The average molecular weight is 550 g/mol. The van der Waals surface area contributed by atoms with Gasteiger partial charge in [-0.15, -0.1) is 0 Å². The van der Waals surface area contributed by atoms with E-state index in [1.54, 1.807) is 12.4 Å². The highest BCUT2D eigenvalue weighted by Gasteiger charge is 2.09. The van der Waals surface area contributed by atoms with Crippen molar-refractivity contribution in [2.24, 2.45) is 9.98 Å². The van der Waals surface area contributed by atoms with Crippen molar-refractivity contribution in [2.45, 2.75) is 19.5 Å². The molecule has 0 fully saturated rings. The van der Waals surface area contributed by atoms with E-state index < -0.39 is 0 Å². The lowest BCUT2D eigenvalue weighted by Crippen LogP contribution is -2.30. The second kappa shape index (κ2) is 11.2. The van der Waals surface area contributed by atoms with Crippen LogP contribution in [0, 0.1) is 0 Å². The van der Waals surface area contributed by atoms with Crippen LogP contribution in [0.25, 0.3) is 0 Å². The summed E-state index contributed by atoms with van der Waals surface area (Å²) in [4.78, 5) is 13.0. The zero-order chi connectivity index (χ0) is 22.4. The normalized spacial score (nSPS) is 17.2. The highest BCUT2D eigenvalue weighted by molar-refractivity contribution is 9.10. The molecule has 2 aromatic carbocycles. The Kier molecular flexibility index (Phi) is 8.66. The molecule has 1 aliphatic rings. The molecule has 6 nitrogen and oxygen atoms in total. The van der Waals surface area contributed by atoms with Crippen LogP contribution in [0.5, 0.6) is 11.5 Å². The van der Waals surface area contributed by atoms with Gasteiger partial charge in [0.2, 0.25) is 0 Å². The zero-order valence-electron chi connectivity index (χ0n) is 17.8. The summed E-state index contributed by atoms with van der Waals surface area (Å²) in [6.07, 6.45) is 4.04. The fourth-order valence-electron chi connectivity index (χ4n) is 3.43. The molecule has 0 N–H and O–H groups in total. The predicted octanol–water partition coefficient (Wildman–Crippen LogP) is 3.16. The molecule has 0 spiro atoms. The van der Waals surface area contributed by atoms with E-state index in [0.717, 1.165) is 39.6 Å². The second-order valence-corrected chi connectivity index (χ2v) is 9.70. The van der Waals surface area contributed by atoms with Crippen molar-refractivity contribution in [1.82, 2.24) is 9.80 Å². The van der Waals surface area contributed by atoms with Gasteiger partial charge in [-0.05, 0) is 67.0 Å². The third kappa shape index (κ3) is 6.87. The van der Waals surface area contributed by atoms with Gasteiger partial charge < -0.3 is 20.0 Å². The molecule has 4 bridgehead atoms. The van der Waals surface area contributed by atoms with Crippen LogP contribution in [0.4, 0.5) is 0 Å². The topological polar surface area (TPSA) is 77.3 Å². The summed E-state index contributed by atoms with van der Waals surface area (Å²) in [5.74, 6) is 0.0277. The monoisotopic (exact) mass is 548 g/mol. The van der Waals surface area contributed by atoms with Crippen molar-refractivity contribution >= 4 is 44.3 Å². The number of likely N-dealkylation sites (N-methyl/N-ethyl adjacent to an activating group) is 2. The van der Waals surface area contributed by atoms with Gasteiger partial charge in [-0.25, -0.2) is 0 Å². The first-order valence-electron chi connectivity index (χ1n) is 10.2. The SMILES string of the molecule is CN1CCN(C)Cc2cc(Br)cc(c2[O-])C=NCCCN=Cc2cc(Br)cc(c2[O-])C1. The van der Waals surface area contributed by atoms with Crippen LogP contribution in [0.2, 0.25) is 0 Å². The van der Waals surface area contributed by atoms with Crippen LogP contribution in [0.15, 0.2) is 43.2 Å². The standard InChI is InChI=1S/C23H28Br2N4O2/c1-28-6-7-29(2)15-19-11-21(25)9-17(23(19)31)13-27-5-3-4-26-12-16-8-20(24)10-18(14-28)22(16)30/h8-13,30-31H,3-7,14-15H2,1-2H3/p-2. The maximum Gasteiger partial charge on any atom is 0.0407 e. The second-order valence-electron chi connectivity index (χ2n) is 7.87. The van der Waals surface area contributed by atoms with Crippen molar-refractivity contribution in [1.29, 1.82) is 0 Å². The first-order valence-corrected chi connectivity index (χ1v) is 11.8. The summed E-state index contributed by atoms with van der Waals surface area (Å²) in [6.45, 7) is 3.77. The van der Waals surface area contributed by atoms with Crippen LogP contribution in [-0.4, -0.2) is 62.5 Å². The van der Waals surface area contributed by atoms with Gasteiger partial charge in [-0.2, -0.15) is 0 Å². The maximum absolute atomic E-state index is 12.8. The summed E-state index contributed by atoms with van der Waals surface area (Å²) in [7, 11) is 3.99. The van der Waals surface area contributed by atoms with Gasteiger partial charge in [-0.1, -0.05) is 43.4 Å². The molecule has 2 aromatic rings. The highest BCUT2D eigenvalue weighted by atomic mass is 79.9. The van der Waals surface area contributed by atoms with Gasteiger partial charge in [0.25, 0.3) is 0 Å². The van der Waals surface area contributed by atoms with Crippen LogP contribution in [0.3, 0.4) is 0 Å². The quantitative estimate of drug-likeness (QED) is 0.505. The fraction of sp³-hybridized carbons (Fsp3) is 0.391. The Labute approximate surface area is 200 Å². The third-order valence-electron chi connectivity index (χ3n) is 5.10. The van der Waals surface area contributed by atoms with Gasteiger partial charge in [-0.3, -0.25) is 9.98 Å². The lowest BCUT2D eigenvalue weighted by Gasteiger charge is -2.26. The minimum atomic E-state index is 0.0139. The molecule has 0 atom stereocenters. The third-order valence-corrected chi connectivity index (χ3v) is 6.01. The molecule has 0 saturated heterocycles. The molecule has 1 heterocycles. The van der Waals surface area contributed by atoms with Crippen LogP contribution in [-0.2, 0) is 13.1 Å². The van der Waals surface area contributed by atoms with E-state index in [1.807, 2.05) is 38.4 Å². The summed E-state index contributed by atoms with van der Waals surface area (Å²) < 4.78 is 1.75. The predicted molar refractivity (Wildman–Crippen MR) is 129 cm³/mol. The van der Waals surface area contributed by atoms with Gasteiger partial charge in [0.15, 0.2) is 0 Å². The van der Waals surface area contributed by atoms with E-state index in [9.17, 15) is 10.2 Å². The zero-order valence-corrected chi connectivity index (χ0v) is 20.9. The minimum absolute atomic E-state index is 0.0139. The molecule has 0 radical (unpaired) electrons. The van der Waals surface area contributed by atoms with Crippen molar-refractivity contribution in [2.75, 3.05) is 40.3 Å². The maximum atomic E-state index is 12.8. The number of hydrogen-bond donors (Lipinski definition) is 0. The molecule has 0 saturated carbocycles. The summed E-state index contributed by atoms with van der Waals surface area (Å²) >= 11 is 7.02. The summed E-state index contributed by atoms with van der Waals surface area (Å²) in [6, 6.07) is 7.38. The van der Waals surface area contributed by atoms with Crippen molar-refractivity contribution in [3.8, 4) is 11.5 Å². The number of fused-ring (bicyclic) bond motifs is 4. The van der Waals surface area contributed by atoms with Gasteiger partial charge in [0.05, 0.1) is 0 Å². The van der Waals surface area contributed by atoms with Crippen LogP contribution < -0.4 is 10.2 Å². The van der Waals surface area contributed by atoms with E-state index in [1.165, 1.54) is 0 Å². The first kappa shape index (κ1) is 23.9. The summed E-state index contributed by atoms with van der Waals surface area (Å²) in [5.41, 5.74) is 2.66. The molecular formula is C23H26Br2N4O2-2. The fourth-order valence-corrected chi connectivity index (χ4v) is 4.48. The Morgan fingerprint density at radius 3 is 1.58 bits per heavy atom. The smallest absolute Gasteiger partial charge is 0.0407 e. The molecule has 166 valence electrons. The van der Waals surface area contributed by atoms with Crippen molar-refractivity contribution in [3.63, 3.8) is 0 Å². The lowest BCUT2D eigenvalue weighted by molar-refractivity contribution is -0.270. The van der Waals surface area contributed by atoms with Crippen LogP contribution in [0.1, 0.15) is 28.7 Å². The van der Waals surface area contributed by atoms with E-state index in [-0.39, 0.29) is 11.5 Å². The first-order chi connectivity index (χ1) is 14.8. The molecule has 0 unspecified atom stereocenters. The molecule has 8 heteroatoms. The molecule has 3 rings (SSSR count). The van der Waals surface area contributed by atoms with Gasteiger partial charge in [0.1, 0.15) is 0 Å². The molecule has 0 amide bonds. The minimum Gasteiger partial charge on any atom is -0.872 e.